The second kappa shape index (κ2) is 5.77. The van der Waals surface area contributed by atoms with E-state index in [0.29, 0.717) is 11.1 Å². The number of carbonyl (C=O) groups is 2. The van der Waals surface area contributed by atoms with E-state index in [2.05, 4.69) is 5.32 Å². The van der Waals surface area contributed by atoms with Crippen LogP contribution in [0.25, 0.3) is 0 Å². The number of fused-ring (bicyclic) bond motifs is 1. The lowest BCUT2D eigenvalue weighted by molar-refractivity contribution is 0.0538. The number of carbonyl (C=O) groups excluding carboxylic acids is 3. The predicted octanol–water partition coefficient (Wildman–Crippen LogP) is 1.29. The molecule has 0 atom stereocenters. The van der Waals surface area contributed by atoms with E-state index in [9.17, 15) is 14.4 Å². The maximum absolute atomic E-state index is 12.4. The Morgan fingerprint density at radius 3 is 2.14 bits per heavy atom. The third-order valence-electron chi connectivity index (χ3n) is 4.35. The van der Waals surface area contributed by atoms with Gasteiger partial charge in [0.05, 0.1) is 17.7 Å². The first-order valence-corrected chi connectivity index (χ1v) is 7.27. The van der Waals surface area contributed by atoms with Crippen LogP contribution in [-0.2, 0) is 4.79 Å². The number of nitrogens with one attached hydrogen (secondary N) is 1. The third-order valence-corrected chi connectivity index (χ3v) is 4.35. The molecule has 0 spiro atoms. The summed E-state index contributed by atoms with van der Waals surface area (Å²) in [5.74, 6) is -0.346. The van der Waals surface area contributed by atoms with Gasteiger partial charge in [0.1, 0.15) is 0 Å². The molecular formula is C16H17N2O3. The molecule has 5 heteroatoms. The maximum Gasteiger partial charge on any atom is 0.261 e. The topological polar surface area (TPSA) is 66.5 Å². The minimum Gasteiger partial charge on any atom is -0.307 e. The summed E-state index contributed by atoms with van der Waals surface area (Å²) in [4.78, 5) is 36.5. The molecule has 1 radical (unpaired) electrons. The van der Waals surface area contributed by atoms with Gasteiger partial charge in [-0.15, -0.1) is 0 Å². The van der Waals surface area contributed by atoms with Gasteiger partial charge in [0.25, 0.3) is 11.8 Å². The molecule has 109 valence electrons. The molecule has 0 aromatic heterocycles. The molecule has 2 amide bonds. The number of nitrogens with zero attached hydrogens (tertiary/aromatic N) is 1. The zero-order chi connectivity index (χ0) is 14.8. The first-order valence-electron chi connectivity index (χ1n) is 7.27. The molecule has 0 saturated heterocycles. The van der Waals surface area contributed by atoms with Crippen LogP contribution in [0.2, 0.25) is 0 Å². The molecule has 1 fully saturated rings. The normalized spacial score (nSPS) is 25.0. The van der Waals surface area contributed by atoms with Crippen molar-refractivity contribution in [1.82, 2.24) is 10.2 Å². The second-order valence-corrected chi connectivity index (χ2v) is 5.56. The van der Waals surface area contributed by atoms with E-state index in [-0.39, 0.29) is 30.4 Å². The molecule has 0 unspecified atom stereocenters. The molecular weight excluding hydrogens is 268 g/mol. The standard InChI is InChI=1S/C16H17N2O3/c19-10-9-17-11-5-7-12(8-6-11)18-15(20)13-3-1-2-4-14(13)16(18)21/h1-4,11-12,17H,5-9H2. The smallest absolute Gasteiger partial charge is 0.261 e. The van der Waals surface area contributed by atoms with Crippen LogP contribution >= 0.6 is 0 Å². The zero-order valence-corrected chi connectivity index (χ0v) is 11.7. The summed E-state index contributed by atoms with van der Waals surface area (Å²) in [6, 6.07) is 7.23. The second-order valence-electron chi connectivity index (χ2n) is 5.56. The van der Waals surface area contributed by atoms with Gasteiger partial charge in [-0.3, -0.25) is 19.3 Å². The summed E-state index contributed by atoms with van der Waals surface area (Å²) in [6.07, 6.45) is 5.11. The van der Waals surface area contributed by atoms with Crippen molar-refractivity contribution >= 4 is 18.1 Å². The number of hydrogen-bond donors (Lipinski definition) is 1. The Morgan fingerprint density at radius 1 is 1.05 bits per heavy atom. The molecule has 3 rings (SSSR count). The van der Waals surface area contributed by atoms with Gasteiger partial charge in [-0.2, -0.15) is 0 Å². The quantitative estimate of drug-likeness (QED) is 0.847. The first-order chi connectivity index (χ1) is 10.2. The Labute approximate surface area is 123 Å². The van der Waals surface area contributed by atoms with Gasteiger partial charge in [-0.05, 0) is 37.8 Å². The predicted molar refractivity (Wildman–Crippen MR) is 76.7 cm³/mol. The van der Waals surface area contributed by atoms with E-state index in [1.807, 2.05) is 6.29 Å². The van der Waals surface area contributed by atoms with Crippen LogP contribution < -0.4 is 5.32 Å². The summed E-state index contributed by atoms with van der Waals surface area (Å²) in [6.45, 7) is 0.238. The third kappa shape index (κ3) is 2.49. The Kier molecular flexibility index (Phi) is 3.84. The Bertz CT molecular complexity index is 542. The van der Waals surface area contributed by atoms with Crippen molar-refractivity contribution in [2.75, 3.05) is 6.54 Å². The summed E-state index contributed by atoms with van der Waals surface area (Å²) < 4.78 is 0. The van der Waals surface area contributed by atoms with Crippen molar-refractivity contribution in [3.05, 3.63) is 35.4 Å². The highest BCUT2D eigenvalue weighted by molar-refractivity contribution is 6.21. The molecule has 1 aliphatic heterocycles. The van der Waals surface area contributed by atoms with Crippen LogP contribution in [-0.4, -0.2) is 41.6 Å². The van der Waals surface area contributed by atoms with Gasteiger partial charge < -0.3 is 5.32 Å². The fraction of sp³-hybridized carbons (Fsp3) is 0.438. The lowest BCUT2D eigenvalue weighted by atomic mass is 9.90. The monoisotopic (exact) mass is 285 g/mol. The van der Waals surface area contributed by atoms with E-state index >= 15 is 0 Å². The largest absolute Gasteiger partial charge is 0.307 e. The number of imide groups is 1. The molecule has 1 aliphatic carbocycles. The lowest BCUT2D eigenvalue weighted by Gasteiger charge is -2.33. The molecule has 1 saturated carbocycles. The average Bonchev–Trinajstić information content (AvgIpc) is 2.78. The molecule has 0 bridgehead atoms. The van der Waals surface area contributed by atoms with Gasteiger partial charge in [-0.1, -0.05) is 12.1 Å². The molecule has 1 N–H and O–H groups in total. The minimum absolute atomic E-state index is 0.0318. The van der Waals surface area contributed by atoms with Crippen molar-refractivity contribution in [2.45, 2.75) is 37.8 Å². The summed E-state index contributed by atoms with van der Waals surface area (Å²) in [7, 11) is 0. The highest BCUT2D eigenvalue weighted by Gasteiger charge is 2.40. The van der Waals surface area contributed by atoms with Crippen molar-refractivity contribution in [3.8, 4) is 0 Å². The van der Waals surface area contributed by atoms with Crippen LogP contribution in [0.3, 0.4) is 0 Å². The van der Waals surface area contributed by atoms with Crippen molar-refractivity contribution < 1.29 is 14.4 Å². The lowest BCUT2D eigenvalue weighted by Crippen LogP contribution is -2.45. The van der Waals surface area contributed by atoms with Crippen molar-refractivity contribution in [2.24, 2.45) is 0 Å². The number of hydrogen-bond acceptors (Lipinski definition) is 4. The summed E-state index contributed by atoms with van der Waals surface area (Å²) >= 11 is 0. The van der Waals surface area contributed by atoms with E-state index in [4.69, 9.17) is 0 Å². The number of rotatable bonds is 4. The Hall–Kier alpha value is -2.01. The van der Waals surface area contributed by atoms with Crippen LogP contribution in [0.1, 0.15) is 46.4 Å². The van der Waals surface area contributed by atoms with E-state index in [1.54, 1.807) is 24.3 Å². The molecule has 2 aliphatic rings. The number of amides is 2. The van der Waals surface area contributed by atoms with Crippen molar-refractivity contribution in [3.63, 3.8) is 0 Å². The highest BCUT2D eigenvalue weighted by Crippen LogP contribution is 2.30. The molecule has 1 aromatic carbocycles. The van der Waals surface area contributed by atoms with Crippen LogP contribution in [0.15, 0.2) is 24.3 Å². The fourth-order valence-corrected chi connectivity index (χ4v) is 3.26. The molecule has 1 heterocycles. The minimum atomic E-state index is -0.173. The van der Waals surface area contributed by atoms with E-state index < -0.39 is 0 Å². The van der Waals surface area contributed by atoms with E-state index in [0.717, 1.165) is 25.7 Å². The first kappa shape index (κ1) is 13.9. The molecule has 5 nitrogen and oxygen atoms in total. The molecule has 21 heavy (non-hydrogen) atoms. The highest BCUT2D eigenvalue weighted by atomic mass is 16.2. The summed E-state index contributed by atoms with van der Waals surface area (Å²) in [5, 5.41) is 3.11. The van der Waals surface area contributed by atoms with Crippen molar-refractivity contribution in [1.29, 1.82) is 0 Å². The van der Waals surface area contributed by atoms with E-state index in [1.165, 1.54) is 4.90 Å². The van der Waals surface area contributed by atoms with Gasteiger partial charge in [0.15, 0.2) is 0 Å². The SMILES string of the molecule is O=[C]CNC1CCC(N2C(=O)c3ccccc3C2=O)CC1. The summed E-state index contributed by atoms with van der Waals surface area (Å²) in [5.41, 5.74) is 1.02. The van der Waals surface area contributed by atoms with Gasteiger partial charge in [0, 0.05) is 12.1 Å². The van der Waals surface area contributed by atoms with Crippen LogP contribution in [0, 0.1) is 0 Å². The molecule has 1 aromatic rings. The number of benzene rings is 1. The van der Waals surface area contributed by atoms with Crippen LogP contribution in [0.4, 0.5) is 0 Å². The Morgan fingerprint density at radius 2 is 1.62 bits per heavy atom. The zero-order valence-electron chi connectivity index (χ0n) is 11.7. The van der Waals surface area contributed by atoms with Gasteiger partial charge >= 0.3 is 0 Å². The fourth-order valence-electron chi connectivity index (χ4n) is 3.26. The maximum atomic E-state index is 12.4. The average molecular weight is 285 g/mol. The van der Waals surface area contributed by atoms with Gasteiger partial charge in [-0.25, -0.2) is 0 Å². The van der Waals surface area contributed by atoms with Gasteiger partial charge in [0.2, 0.25) is 6.29 Å². The van der Waals surface area contributed by atoms with Crippen LogP contribution in [0.5, 0.6) is 0 Å². The Balaban J connectivity index is 1.68.